The Hall–Kier alpha value is -2.09. The summed E-state index contributed by atoms with van der Waals surface area (Å²) >= 11 is 0. The van der Waals surface area contributed by atoms with Crippen LogP contribution in [0.4, 0.5) is 0 Å². The van der Waals surface area contributed by atoms with Gasteiger partial charge in [0, 0.05) is 23.0 Å². The van der Waals surface area contributed by atoms with Crippen LogP contribution in [0.1, 0.15) is 40.9 Å². The van der Waals surface area contributed by atoms with Gasteiger partial charge in [0.25, 0.3) is 0 Å². The molecule has 1 aliphatic heterocycles. The van der Waals surface area contributed by atoms with Gasteiger partial charge in [-0.05, 0) is 36.2 Å². The summed E-state index contributed by atoms with van der Waals surface area (Å²) in [6, 6.07) is 13.8. The van der Waals surface area contributed by atoms with Crippen molar-refractivity contribution in [3.8, 4) is 5.75 Å². The van der Waals surface area contributed by atoms with Crippen LogP contribution >= 0.6 is 0 Å². The zero-order valence-electron chi connectivity index (χ0n) is 12.8. The summed E-state index contributed by atoms with van der Waals surface area (Å²) in [6.07, 6.45) is 0.451. The van der Waals surface area contributed by atoms with E-state index < -0.39 is 0 Å². The molecule has 2 aromatic rings. The van der Waals surface area contributed by atoms with Gasteiger partial charge in [0.2, 0.25) is 0 Å². The average molecular weight is 280 g/mol. The molecular formula is C19H20O2. The lowest BCUT2D eigenvalue weighted by Gasteiger charge is -2.15. The molecular weight excluding hydrogens is 260 g/mol. The van der Waals surface area contributed by atoms with Crippen molar-refractivity contribution in [3.05, 3.63) is 64.7 Å². The second-order valence-corrected chi connectivity index (χ2v) is 6.41. The Balaban J connectivity index is 1.88. The number of carbonyl (C=O) groups excluding carboxylic acids is 1. The summed E-state index contributed by atoms with van der Waals surface area (Å²) in [5.41, 5.74) is 4.15. The van der Waals surface area contributed by atoms with Gasteiger partial charge in [0.05, 0.1) is 6.61 Å². The number of rotatable bonds is 3. The second-order valence-electron chi connectivity index (χ2n) is 6.41. The molecule has 0 saturated carbocycles. The lowest BCUT2D eigenvalue weighted by atomic mass is 9.85. The van der Waals surface area contributed by atoms with Crippen LogP contribution in [0.3, 0.4) is 0 Å². The van der Waals surface area contributed by atoms with Crippen molar-refractivity contribution in [2.45, 2.75) is 32.6 Å². The molecule has 2 nitrogen and oxygen atoms in total. The van der Waals surface area contributed by atoms with Crippen molar-refractivity contribution < 1.29 is 9.53 Å². The molecule has 0 unspecified atom stereocenters. The van der Waals surface area contributed by atoms with Gasteiger partial charge < -0.3 is 4.74 Å². The minimum Gasteiger partial charge on any atom is -0.492 e. The van der Waals surface area contributed by atoms with Crippen molar-refractivity contribution in [2.75, 3.05) is 6.61 Å². The molecule has 0 aromatic heterocycles. The quantitative estimate of drug-likeness (QED) is 0.792. The highest BCUT2D eigenvalue weighted by Gasteiger charge is 2.32. The topological polar surface area (TPSA) is 26.3 Å². The first-order chi connectivity index (χ1) is 9.97. The minimum atomic E-state index is -0.0196. The molecule has 3 rings (SSSR count). The SMILES string of the molecule is Cc1ccccc1CC(=O)c1ccc2c(c1)C(C)(C)CO2. The fourth-order valence-corrected chi connectivity index (χ4v) is 2.78. The number of aryl methyl sites for hydroxylation is 1. The van der Waals surface area contributed by atoms with Crippen LogP contribution < -0.4 is 4.74 Å². The first-order valence-corrected chi connectivity index (χ1v) is 7.32. The zero-order valence-corrected chi connectivity index (χ0v) is 12.8. The molecule has 21 heavy (non-hydrogen) atoms. The van der Waals surface area contributed by atoms with Crippen LogP contribution in [0.15, 0.2) is 42.5 Å². The lowest BCUT2D eigenvalue weighted by Crippen LogP contribution is -2.18. The number of Topliss-reactive ketones (excluding diaryl/α,β-unsaturated/α-hetero) is 1. The summed E-state index contributed by atoms with van der Waals surface area (Å²) in [6.45, 7) is 7.02. The van der Waals surface area contributed by atoms with Crippen molar-refractivity contribution in [2.24, 2.45) is 0 Å². The average Bonchev–Trinajstić information content (AvgIpc) is 2.77. The number of benzene rings is 2. The fourth-order valence-electron chi connectivity index (χ4n) is 2.78. The normalized spacial score (nSPS) is 15.4. The number of hydrogen-bond donors (Lipinski definition) is 0. The van der Waals surface area contributed by atoms with Gasteiger partial charge in [-0.1, -0.05) is 38.1 Å². The maximum atomic E-state index is 12.5. The van der Waals surface area contributed by atoms with Gasteiger partial charge in [0.15, 0.2) is 5.78 Å². The van der Waals surface area contributed by atoms with E-state index in [2.05, 4.69) is 13.8 Å². The van der Waals surface area contributed by atoms with Crippen molar-refractivity contribution in [1.29, 1.82) is 0 Å². The van der Waals surface area contributed by atoms with Crippen LogP contribution in [0.5, 0.6) is 5.75 Å². The number of ketones is 1. The molecule has 2 aromatic carbocycles. The summed E-state index contributed by atoms with van der Waals surface area (Å²) in [7, 11) is 0. The summed E-state index contributed by atoms with van der Waals surface area (Å²) < 4.78 is 5.67. The Morgan fingerprint density at radius 3 is 2.71 bits per heavy atom. The van der Waals surface area contributed by atoms with Crippen LogP contribution in [-0.2, 0) is 11.8 Å². The number of carbonyl (C=O) groups is 1. The standard InChI is InChI=1S/C19H20O2/c1-13-6-4-5-7-14(13)11-17(20)15-8-9-18-16(10-15)19(2,3)12-21-18/h4-10H,11-12H2,1-3H3. The Morgan fingerprint density at radius 1 is 1.19 bits per heavy atom. The van der Waals surface area contributed by atoms with Crippen molar-refractivity contribution in [1.82, 2.24) is 0 Å². The van der Waals surface area contributed by atoms with E-state index in [1.54, 1.807) is 0 Å². The maximum Gasteiger partial charge on any atom is 0.167 e. The molecule has 1 aliphatic rings. The Bertz CT molecular complexity index is 698. The van der Waals surface area contributed by atoms with E-state index in [9.17, 15) is 4.79 Å². The molecule has 0 N–H and O–H groups in total. The molecule has 1 heterocycles. The fraction of sp³-hybridized carbons (Fsp3) is 0.316. The largest absolute Gasteiger partial charge is 0.492 e. The van der Waals surface area contributed by atoms with Gasteiger partial charge in [0.1, 0.15) is 5.75 Å². The number of fused-ring (bicyclic) bond motifs is 1. The maximum absolute atomic E-state index is 12.5. The first-order valence-electron chi connectivity index (χ1n) is 7.32. The van der Waals surface area contributed by atoms with Gasteiger partial charge in [-0.3, -0.25) is 4.79 Å². The Kier molecular flexibility index (Phi) is 3.32. The van der Waals surface area contributed by atoms with Crippen LogP contribution in [-0.4, -0.2) is 12.4 Å². The van der Waals surface area contributed by atoms with Gasteiger partial charge in [-0.2, -0.15) is 0 Å². The van der Waals surface area contributed by atoms with Crippen molar-refractivity contribution >= 4 is 5.78 Å². The number of hydrogen-bond acceptors (Lipinski definition) is 2. The van der Waals surface area contributed by atoms with E-state index in [0.29, 0.717) is 13.0 Å². The summed E-state index contributed by atoms with van der Waals surface area (Å²) in [5.74, 6) is 1.07. The van der Waals surface area contributed by atoms with E-state index in [1.807, 2.05) is 49.4 Å². The van der Waals surface area contributed by atoms with Gasteiger partial charge >= 0.3 is 0 Å². The van der Waals surface area contributed by atoms with E-state index in [-0.39, 0.29) is 11.2 Å². The molecule has 0 bridgehead atoms. The Labute approximate surface area is 125 Å². The van der Waals surface area contributed by atoms with Crippen LogP contribution in [0.2, 0.25) is 0 Å². The first kappa shape index (κ1) is 13.9. The zero-order chi connectivity index (χ0) is 15.0. The third kappa shape index (κ3) is 2.58. The third-order valence-electron chi connectivity index (χ3n) is 4.23. The summed E-state index contributed by atoms with van der Waals surface area (Å²) in [4.78, 5) is 12.5. The van der Waals surface area contributed by atoms with E-state index >= 15 is 0 Å². The lowest BCUT2D eigenvalue weighted by molar-refractivity contribution is 0.0992. The molecule has 0 aliphatic carbocycles. The molecule has 2 heteroatoms. The molecule has 0 amide bonds. The van der Waals surface area contributed by atoms with Crippen LogP contribution in [0, 0.1) is 6.92 Å². The van der Waals surface area contributed by atoms with E-state index in [1.165, 1.54) is 0 Å². The molecule has 0 atom stereocenters. The predicted octanol–water partition coefficient (Wildman–Crippen LogP) is 4.09. The minimum absolute atomic E-state index is 0.0196. The second kappa shape index (κ2) is 5.03. The molecule has 0 spiro atoms. The summed E-state index contributed by atoms with van der Waals surface area (Å²) in [5, 5.41) is 0. The van der Waals surface area contributed by atoms with Crippen LogP contribution in [0.25, 0.3) is 0 Å². The molecule has 108 valence electrons. The Morgan fingerprint density at radius 2 is 1.95 bits per heavy atom. The predicted molar refractivity (Wildman–Crippen MR) is 84.2 cm³/mol. The third-order valence-corrected chi connectivity index (χ3v) is 4.23. The van der Waals surface area contributed by atoms with Crippen molar-refractivity contribution in [3.63, 3.8) is 0 Å². The van der Waals surface area contributed by atoms with Gasteiger partial charge in [-0.15, -0.1) is 0 Å². The molecule has 0 saturated heterocycles. The molecule has 0 radical (unpaired) electrons. The smallest absolute Gasteiger partial charge is 0.167 e. The number of ether oxygens (including phenoxy) is 1. The highest BCUT2D eigenvalue weighted by atomic mass is 16.5. The highest BCUT2D eigenvalue weighted by Crippen LogP contribution is 2.38. The highest BCUT2D eigenvalue weighted by molar-refractivity contribution is 5.98. The molecule has 0 fully saturated rings. The van der Waals surface area contributed by atoms with E-state index in [0.717, 1.165) is 28.0 Å². The van der Waals surface area contributed by atoms with E-state index in [4.69, 9.17) is 4.74 Å². The van der Waals surface area contributed by atoms with Gasteiger partial charge in [-0.25, -0.2) is 0 Å². The monoisotopic (exact) mass is 280 g/mol.